The van der Waals surface area contributed by atoms with Gasteiger partial charge in [0.05, 0.1) is 5.69 Å². The standard InChI is InChI=1S/C16H12BrF2NO5/c1-7-3-13(22)25-8(2)14(7)16(23)24-6-12(21)20-15-10(17)4-9(18)5-11(15)19/h3-5H,6H2,1-2H3,(H,20,21). The van der Waals surface area contributed by atoms with E-state index in [2.05, 4.69) is 21.2 Å². The van der Waals surface area contributed by atoms with Crippen molar-refractivity contribution < 1.29 is 27.5 Å². The van der Waals surface area contributed by atoms with Gasteiger partial charge >= 0.3 is 11.6 Å². The molecule has 0 atom stereocenters. The zero-order chi connectivity index (χ0) is 18.7. The van der Waals surface area contributed by atoms with E-state index in [1.54, 1.807) is 0 Å². The second-order valence-corrected chi connectivity index (χ2v) is 5.90. The van der Waals surface area contributed by atoms with E-state index in [1.807, 2.05) is 0 Å². The van der Waals surface area contributed by atoms with Crippen LogP contribution in [0.15, 0.2) is 31.9 Å². The number of esters is 1. The lowest BCUT2D eigenvalue weighted by Crippen LogP contribution is -2.23. The highest BCUT2D eigenvalue weighted by atomic mass is 79.9. The molecule has 0 unspecified atom stereocenters. The van der Waals surface area contributed by atoms with Gasteiger partial charge in [-0.3, -0.25) is 4.79 Å². The summed E-state index contributed by atoms with van der Waals surface area (Å²) in [5, 5.41) is 2.17. The lowest BCUT2D eigenvalue weighted by Gasteiger charge is -2.10. The molecule has 0 bridgehead atoms. The summed E-state index contributed by atoms with van der Waals surface area (Å²) in [4.78, 5) is 35.0. The lowest BCUT2D eigenvalue weighted by molar-refractivity contribution is -0.119. The molecule has 25 heavy (non-hydrogen) atoms. The molecule has 6 nitrogen and oxygen atoms in total. The summed E-state index contributed by atoms with van der Waals surface area (Å²) in [5.41, 5.74) is -0.519. The summed E-state index contributed by atoms with van der Waals surface area (Å²) in [5.74, 6) is -3.43. The predicted molar refractivity (Wildman–Crippen MR) is 87.4 cm³/mol. The Morgan fingerprint density at radius 1 is 1.24 bits per heavy atom. The third-order valence-corrected chi connectivity index (χ3v) is 3.77. The molecule has 0 saturated heterocycles. The van der Waals surface area contributed by atoms with Gasteiger partial charge in [0.15, 0.2) is 12.4 Å². The average molecular weight is 416 g/mol. The Hall–Kier alpha value is -2.55. The van der Waals surface area contributed by atoms with Crippen molar-refractivity contribution in [1.82, 2.24) is 0 Å². The van der Waals surface area contributed by atoms with Gasteiger partial charge in [-0.2, -0.15) is 0 Å². The number of hydrogen-bond acceptors (Lipinski definition) is 5. The molecule has 1 N–H and O–H groups in total. The first kappa shape index (κ1) is 18.8. The third kappa shape index (κ3) is 4.50. The number of hydrogen-bond donors (Lipinski definition) is 1. The van der Waals surface area contributed by atoms with Crippen molar-refractivity contribution in [1.29, 1.82) is 0 Å². The van der Waals surface area contributed by atoms with Crippen LogP contribution >= 0.6 is 15.9 Å². The zero-order valence-electron chi connectivity index (χ0n) is 13.1. The molecule has 1 amide bonds. The van der Waals surface area contributed by atoms with Gasteiger partial charge in [-0.1, -0.05) is 0 Å². The summed E-state index contributed by atoms with van der Waals surface area (Å²) < 4.78 is 36.3. The Morgan fingerprint density at radius 2 is 1.92 bits per heavy atom. The number of rotatable bonds is 4. The van der Waals surface area contributed by atoms with Crippen molar-refractivity contribution in [3.8, 4) is 0 Å². The maximum Gasteiger partial charge on any atom is 0.342 e. The van der Waals surface area contributed by atoms with E-state index in [-0.39, 0.29) is 21.5 Å². The van der Waals surface area contributed by atoms with Crippen LogP contribution < -0.4 is 10.9 Å². The van der Waals surface area contributed by atoms with E-state index in [9.17, 15) is 23.2 Å². The van der Waals surface area contributed by atoms with Crippen molar-refractivity contribution in [2.24, 2.45) is 0 Å². The number of nitrogens with one attached hydrogen (secondary N) is 1. The molecule has 0 radical (unpaired) electrons. The van der Waals surface area contributed by atoms with Crippen LogP contribution in [-0.2, 0) is 9.53 Å². The van der Waals surface area contributed by atoms with Crippen molar-refractivity contribution >= 4 is 33.5 Å². The molecule has 0 fully saturated rings. The molecule has 0 aliphatic carbocycles. The van der Waals surface area contributed by atoms with Crippen molar-refractivity contribution in [3.05, 3.63) is 61.6 Å². The fourth-order valence-corrected chi connectivity index (χ4v) is 2.61. The molecule has 2 aromatic rings. The summed E-state index contributed by atoms with van der Waals surface area (Å²) >= 11 is 2.92. The smallest absolute Gasteiger partial charge is 0.342 e. The van der Waals surface area contributed by atoms with Crippen molar-refractivity contribution in [2.45, 2.75) is 13.8 Å². The fourth-order valence-electron chi connectivity index (χ4n) is 2.10. The zero-order valence-corrected chi connectivity index (χ0v) is 14.7. The fraction of sp³-hybridized carbons (Fsp3) is 0.188. The second-order valence-electron chi connectivity index (χ2n) is 5.05. The quantitative estimate of drug-likeness (QED) is 0.775. The van der Waals surface area contributed by atoms with Crippen LogP contribution in [0.2, 0.25) is 0 Å². The topological polar surface area (TPSA) is 85.6 Å². The number of aryl methyl sites for hydroxylation is 2. The number of halogens is 3. The van der Waals surface area contributed by atoms with Gasteiger partial charge in [0, 0.05) is 16.6 Å². The average Bonchev–Trinajstić information content (AvgIpc) is 2.47. The van der Waals surface area contributed by atoms with Crippen LogP contribution in [0.25, 0.3) is 0 Å². The molecule has 0 spiro atoms. The van der Waals surface area contributed by atoms with Gasteiger partial charge in [-0.05, 0) is 41.4 Å². The Balaban J connectivity index is 2.06. The molecule has 0 aliphatic heterocycles. The number of carbonyl (C=O) groups excluding carboxylic acids is 2. The van der Waals surface area contributed by atoms with Crippen molar-refractivity contribution in [2.75, 3.05) is 11.9 Å². The Kier molecular flexibility index (Phi) is 5.68. The molecule has 9 heteroatoms. The Bertz CT molecular complexity index is 861. The lowest BCUT2D eigenvalue weighted by atomic mass is 10.1. The molecule has 132 valence electrons. The van der Waals surface area contributed by atoms with Crippen LogP contribution in [0, 0.1) is 25.5 Å². The summed E-state index contributed by atoms with van der Waals surface area (Å²) in [6, 6.07) is 2.70. The van der Waals surface area contributed by atoms with E-state index in [4.69, 9.17) is 9.15 Å². The minimum Gasteiger partial charge on any atom is -0.452 e. The van der Waals surface area contributed by atoms with E-state index in [0.717, 1.165) is 12.1 Å². The molecular formula is C16H12BrF2NO5. The molecule has 1 aromatic heterocycles. The number of anilines is 1. The van der Waals surface area contributed by atoms with Gasteiger partial charge in [-0.15, -0.1) is 0 Å². The number of amides is 1. The van der Waals surface area contributed by atoms with E-state index < -0.39 is 35.7 Å². The summed E-state index contributed by atoms with van der Waals surface area (Å²) in [7, 11) is 0. The minimum atomic E-state index is -0.983. The highest BCUT2D eigenvalue weighted by Gasteiger charge is 2.19. The predicted octanol–water partition coefficient (Wildman–Crippen LogP) is 3.09. The second kappa shape index (κ2) is 7.56. The van der Waals surface area contributed by atoms with Gasteiger partial charge < -0.3 is 14.5 Å². The maximum absolute atomic E-state index is 13.6. The number of ether oxygens (including phenoxy) is 1. The molecule has 0 saturated carbocycles. The summed E-state index contributed by atoms with van der Waals surface area (Å²) in [6.45, 7) is 2.22. The monoisotopic (exact) mass is 415 g/mol. The van der Waals surface area contributed by atoms with Gasteiger partial charge in [-0.25, -0.2) is 18.4 Å². The first-order valence-electron chi connectivity index (χ1n) is 6.92. The van der Waals surface area contributed by atoms with Gasteiger partial charge in [0.25, 0.3) is 5.91 Å². The van der Waals surface area contributed by atoms with Crippen LogP contribution in [0.3, 0.4) is 0 Å². The third-order valence-electron chi connectivity index (χ3n) is 3.14. The summed E-state index contributed by atoms with van der Waals surface area (Å²) in [6.07, 6.45) is 0. The van der Waals surface area contributed by atoms with Crippen LogP contribution in [0.5, 0.6) is 0 Å². The first-order chi connectivity index (χ1) is 11.7. The molecule has 0 aliphatic rings. The Labute approximate surface area is 148 Å². The van der Waals surface area contributed by atoms with E-state index >= 15 is 0 Å². The van der Waals surface area contributed by atoms with Crippen LogP contribution in [0.4, 0.5) is 14.5 Å². The van der Waals surface area contributed by atoms with Gasteiger partial charge in [0.2, 0.25) is 0 Å². The SMILES string of the molecule is Cc1cc(=O)oc(C)c1C(=O)OCC(=O)Nc1c(F)cc(F)cc1Br. The molecule has 1 aromatic carbocycles. The minimum absolute atomic E-state index is 0.00111. The molecular weight excluding hydrogens is 404 g/mol. The molecule has 1 heterocycles. The van der Waals surface area contributed by atoms with E-state index in [0.29, 0.717) is 11.6 Å². The maximum atomic E-state index is 13.6. The number of benzene rings is 1. The normalized spacial score (nSPS) is 10.4. The number of carbonyl (C=O) groups is 2. The molecule has 2 rings (SSSR count). The first-order valence-corrected chi connectivity index (χ1v) is 7.71. The van der Waals surface area contributed by atoms with Crippen LogP contribution in [-0.4, -0.2) is 18.5 Å². The van der Waals surface area contributed by atoms with Crippen LogP contribution in [0.1, 0.15) is 21.7 Å². The van der Waals surface area contributed by atoms with Gasteiger partial charge in [0.1, 0.15) is 17.1 Å². The van der Waals surface area contributed by atoms with E-state index in [1.165, 1.54) is 13.8 Å². The van der Waals surface area contributed by atoms with Crippen molar-refractivity contribution in [3.63, 3.8) is 0 Å². The Morgan fingerprint density at radius 3 is 2.52 bits per heavy atom. The highest BCUT2D eigenvalue weighted by molar-refractivity contribution is 9.10. The largest absolute Gasteiger partial charge is 0.452 e. The highest BCUT2D eigenvalue weighted by Crippen LogP contribution is 2.26.